The molecule has 25 heavy (non-hydrogen) atoms. The van der Waals surface area contributed by atoms with Crippen LogP contribution in [0.15, 0.2) is 0 Å². The second-order valence-electron chi connectivity index (χ2n) is 9.03. The van der Waals surface area contributed by atoms with Gasteiger partial charge in [0.25, 0.3) is 0 Å². The van der Waals surface area contributed by atoms with Crippen molar-refractivity contribution in [1.82, 2.24) is 0 Å². The predicted octanol–water partition coefficient (Wildman–Crippen LogP) is 0.887. The van der Waals surface area contributed by atoms with Crippen LogP contribution in [0.5, 0.6) is 0 Å². The maximum Gasteiger partial charge on any atom is 0.320 e. The van der Waals surface area contributed by atoms with Gasteiger partial charge in [0.1, 0.15) is 22.9 Å². The van der Waals surface area contributed by atoms with Gasteiger partial charge in [-0.05, 0) is 25.2 Å². The second kappa shape index (κ2) is 4.52. The molecule has 3 heterocycles. The fraction of sp³-hybridized carbons (Fsp3) is 0.842. The summed E-state index contributed by atoms with van der Waals surface area (Å²) < 4.78 is 12.3. The van der Waals surface area contributed by atoms with Crippen molar-refractivity contribution in [3.8, 4) is 0 Å². The van der Waals surface area contributed by atoms with E-state index in [1.54, 1.807) is 6.92 Å². The molecule has 0 amide bonds. The maximum absolute atomic E-state index is 13.2. The predicted molar refractivity (Wildman–Crippen MR) is 84.3 cm³/mol. The SMILES string of the molecule is C[C@@H]1C[C@H](C)C(=O)[C@@H]2C[C@@H]3[C@H](O)C4O[C@]25[C@H](C(=O)O[C@]35C[C@H]4C)C1=O. The molecule has 3 saturated heterocycles. The number of esters is 1. The average Bonchev–Trinajstić information content (AvgIpc) is 2.90. The zero-order valence-electron chi connectivity index (χ0n) is 14.7. The lowest BCUT2D eigenvalue weighted by Gasteiger charge is -2.59. The van der Waals surface area contributed by atoms with Gasteiger partial charge < -0.3 is 14.6 Å². The number of aliphatic hydroxyl groups is 1. The van der Waals surface area contributed by atoms with Crippen molar-refractivity contribution in [1.29, 1.82) is 0 Å². The number of hydrogen-bond donors (Lipinski definition) is 1. The lowest BCUT2D eigenvalue weighted by Crippen LogP contribution is -2.73. The van der Waals surface area contributed by atoms with E-state index in [4.69, 9.17) is 9.47 Å². The third kappa shape index (κ3) is 1.50. The number of rotatable bonds is 0. The number of aliphatic hydroxyl groups excluding tert-OH is 1. The lowest BCUT2D eigenvalue weighted by atomic mass is 9.57. The third-order valence-corrected chi connectivity index (χ3v) is 7.79. The maximum atomic E-state index is 13.2. The van der Waals surface area contributed by atoms with E-state index >= 15 is 0 Å². The molecule has 6 heteroatoms. The number of carbonyl (C=O) groups excluding carboxylic acids is 3. The summed E-state index contributed by atoms with van der Waals surface area (Å²) in [6, 6.07) is 0. The number of Topliss-reactive ketones (excluding diaryl/α,β-unsaturated/α-hetero) is 2. The Morgan fingerprint density at radius 3 is 2.44 bits per heavy atom. The number of ether oxygens (including phenoxy) is 2. The van der Waals surface area contributed by atoms with Gasteiger partial charge in [0.05, 0.1) is 18.1 Å². The highest BCUT2D eigenvalue weighted by molar-refractivity contribution is 6.06. The van der Waals surface area contributed by atoms with E-state index in [-0.39, 0.29) is 35.2 Å². The van der Waals surface area contributed by atoms with Crippen LogP contribution in [0.1, 0.15) is 40.0 Å². The largest absolute Gasteiger partial charge is 0.455 e. The van der Waals surface area contributed by atoms with Crippen LogP contribution in [-0.4, -0.2) is 46.1 Å². The molecule has 6 aliphatic rings. The fourth-order valence-corrected chi connectivity index (χ4v) is 6.85. The Hall–Kier alpha value is -1.27. The van der Waals surface area contributed by atoms with Crippen molar-refractivity contribution in [3.05, 3.63) is 0 Å². The number of ketones is 2. The molecule has 1 N–H and O–H groups in total. The van der Waals surface area contributed by atoms with Crippen molar-refractivity contribution < 1.29 is 29.0 Å². The van der Waals surface area contributed by atoms with Crippen molar-refractivity contribution in [2.24, 2.45) is 35.5 Å². The molecule has 3 aliphatic heterocycles. The first kappa shape index (κ1) is 15.9. The van der Waals surface area contributed by atoms with E-state index in [1.165, 1.54) is 0 Å². The summed E-state index contributed by atoms with van der Waals surface area (Å²) in [6.45, 7) is 5.61. The Bertz CT molecular complexity index is 702. The third-order valence-electron chi connectivity index (χ3n) is 7.79. The van der Waals surface area contributed by atoms with Gasteiger partial charge in [-0.2, -0.15) is 0 Å². The molecule has 0 radical (unpaired) electrons. The van der Waals surface area contributed by atoms with E-state index < -0.39 is 41.2 Å². The molecule has 136 valence electrons. The van der Waals surface area contributed by atoms with Crippen molar-refractivity contribution in [2.75, 3.05) is 0 Å². The number of hydrogen-bond acceptors (Lipinski definition) is 6. The van der Waals surface area contributed by atoms with Crippen LogP contribution in [-0.2, 0) is 23.9 Å². The molecular formula is C19H24O6. The van der Waals surface area contributed by atoms with Crippen LogP contribution < -0.4 is 0 Å². The van der Waals surface area contributed by atoms with Gasteiger partial charge in [0.15, 0.2) is 5.78 Å². The fourth-order valence-electron chi connectivity index (χ4n) is 6.85. The van der Waals surface area contributed by atoms with Gasteiger partial charge in [-0.1, -0.05) is 20.8 Å². The average molecular weight is 348 g/mol. The molecule has 2 spiro atoms. The molecule has 6 fully saturated rings. The van der Waals surface area contributed by atoms with Crippen molar-refractivity contribution >= 4 is 17.5 Å². The Morgan fingerprint density at radius 1 is 1.04 bits per heavy atom. The molecule has 0 aromatic carbocycles. The summed E-state index contributed by atoms with van der Waals surface area (Å²) in [5.74, 6) is -3.19. The van der Waals surface area contributed by atoms with E-state index in [1.807, 2.05) is 13.8 Å². The van der Waals surface area contributed by atoms with E-state index in [2.05, 4.69) is 0 Å². The van der Waals surface area contributed by atoms with Gasteiger partial charge in [-0.3, -0.25) is 14.4 Å². The Labute approximate surface area is 146 Å². The summed E-state index contributed by atoms with van der Waals surface area (Å²) in [7, 11) is 0. The lowest BCUT2D eigenvalue weighted by molar-refractivity contribution is -0.313. The molecule has 1 unspecified atom stereocenters. The van der Waals surface area contributed by atoms with Crippen molar-refractivity contribution in [2.45, 2.75) is 63.4 Å². The second-order valence-corrected chi connectivity index (χ2v) is 9.03. The van der Waals surface area contributed by atoms with Gasteiger partial charge in [0.2, 0.25) is 0 Å². The van der Waals surface area contributed by atoms with E-state index in [9.17, 15) is 19.5 Å². The van der Waals surface area contributed by atoms with Gasteiger partial charge in [0, 0.05) is 17.8 Å². The van der Waals surface area contributed by atoms with Crippen LogP contribution >= 0.6 is 0 Å². The molecule has 4 bridgehead atoms. The van der Waals surface area contributed by atoms with Crippen LogP contribution in [0.4, 0.5) is 0 Å². The minimum atomic E-state index is -1.21. The normalized spacial score (nSPS) is 59.4. The Balaban J connectivity index is 1.77. The summed E-state index contributed by atoms with van der Waals surface area (Å²) in [5, 5.41) is 10.8. The highest BCUT2D eigenvalue weighted by Gasteiger charge is 2.86. The Morgan fingerprint density at radius 2 is 1.72 bits per heavy atom. The monoisotopic (exact) mass is 348 g/mol. The van der Waals surface area contributed by atoms with E-state index in [0.29, 0.717) is 19.3 Å². The molecule has 0 aromatic heterocycles. The quantitative estimate of drug-likeness (QED) is 0.516. The zero-order valence-corrected chi connectivity index (χ0v) is 14.7. The first-order valence-electron chi connectivity index (χ1n) is 9.40. The van der Waals surface area contributed by atoms with Gasteiger partial charge >= 0.3 is 5.97 Å². The summed E-state index contributed by atoms with van der Waals surface area (Å²) in [4.78, 5) is 39.2. The topological polar surface area (TPSA) is 89.9 Å². The van der Waals surface area contributed by atoms with Crippen LogP contribution in [0.2, 0.25) is 0 Å². The van der Waals surface area contributed by atoms with Gasteiger partial charge in [-0.15, -0.1) is 0 Å². The summed E-state index contributed by atoms with van der Waals surface area (Å²) in [5.41, 5.74) is -2.24. The highest BCUT2D eigenvalue weighted by Crippen LogP contribution is 2.70. The first-order chi connectivity index (χ1) is 11.7. The molecule has 3 saturated carbocycles. The van der Waals surface area contributed by atoms with Crippen molar-refractivity contribution in [3.63, 3.8) is 0 Å². The Kier molecular flexibility index (Phi) is 2.88. The first-order valence-corrected chi connectivity index (χ1v) is 9.40. The minimum absolute atomic E-state index is 0.0210. The smallest absolute Gasteiger partial charge is 0.320 e. The highest BCUT2D eigenvalue weighted by atomic mass is 16.6. The van der Waals surface area contributed by atoms with Crippen LogP contribution in [0.3, 0.4) is 0 Å². The number of fused-ring (bicyclic) bond motifs is 1. The van der Waals surface area contributed by atoms with Gasteiger partial charge in [-0.25, -0.2) is 0 Å². The molecule has 0 aromatic rings. The van der Waals surface area contributed by atoms with Crippen LogP contribution in [0.25, 0.3) is 0 Å². The summed E-state index contributed by atoms with van der Waals surface area (Å²) in [6.07, 6.45) is 0.249. The molecule has 6 rings (SSSR count). The molecular weight excluding hydrogens is 324 g/mol. The molecule has 10 atom stereocenters. The van der Waals surface area contributed by atoms with E-state index in [0.717, 1.165) is 0 Å². The van der Waals surface area contributed by atoms with Crippen LogP contribution in [0, 0.1) is 35.5 Å². The molecule has 3 aliphatic carbocycles. The standard InChI is InChI=1S/C19H24O6/c1-7-4-8(2)14(21)12-17(23)25-18-6-9(3)16-15(22)10(18)5-11(13(7)20)19(12,18)24-16/h7-12,15-16,22H,4-6H2,1-3H3/t7-,8+,9+,10+,11-,12-,15-,16?,18+,19-/m0/s1. The minimum Gasteiger partial charge on any atom is -0.455 e. The molecule has 6 nitrogen and oxygen atoms in total. The zero-order chi connectivity index (χ0) is 17.9. The number of carbonyl (C=O) groups is 3. The summed E-state index contributed by atoms with van der Waals surface area (Å²) >= 11 is 0.